The van der Waals surface area contributed by atoms with Gasteiger partial charge in [-0.25, -0.2) is 0 Å². The number of nitrogens with zero attached hydrogens (tertiary/aromatic N) is 1. The number of carbonyl (C=O) groups excluding carboxylic acids is 2. The number of rotatable bonds is 2. The molecule has 3 aliphatic rings. The van der Waals surface area contributed by atoms with Crippen LogP contribution in [0.1, 0.15) is 52.9 Å². The lowest BCUT2D eigenvalue weighted by molar-refractivity contribution is -0.144. The molecule has 4 nitrogen and oxygen atoms in total. The van der Waals surface area contributed by atoms with Crippen LogP contribution in [-0.4, -0.2) is 34.8 Å². The molecule has 2 aliphatic heterocycles. The Morgan fingerprint density at radius 3 is 2.20 bits per heavy atom. The molecule has 1 aliphatic carbocycles. The Kier molecular flexibility index (Phi) is 3.61. The van der Waals surface area contributed by atoms with E-state index in [2.05, 4.69) is 26.1 Å². The summed E-state index contributed by atoms with van der Waals surface area (Å²) in [5.74, 6) is 0.772. The van der Waals surface area contributed by atoms with E-state index in [1.165, 1.54) is 0 Å². The molecular formula is C16H26N2O2. The third-order valence-electron chi connectivity index (χ3n) is 5.70. The van der Waals surface area contributed by atoms with Crippen molar-refractivity contribution < 1.29 is 9.59 Å². The van der Waals surface area contributed by atoms with E-state index in [-0.39, 0.29) is 35.7 Å². The molecule has 1 N–H and O–H groups in total. The van der Waals surface area contributed by atoms with Gasteiger partial charge in [-0.15, -0.1) is 0 Å². The summed E-state index contributed by atoms with van der Waals surface area (Å²) in [5, 5.41) is 3.49. The molecule has 0 aromatic carbocycles. The Hall–Kier alpha value is -0.900. The number of hydrogen-bond acceptors (Lipinski definition) is 3. The molecule has 5 atom stereocenters. The van der Waals surface area contributed by atoms with Crippen LogP contribution < -0.4 is 5.32 Å². The Balaban J connectivity index is 1.76. The van der Waals surface area contributed by atoms with E-state index >= 15 is 0 Å². The van der Waals surface area contributed by atoms with Gasteiger partial charge < -0.3 is 5.32 Å². The molecule has 0 aromatic rings. The minimum atomic E-state index is -0.0148. The summed E-state index contributed by atoms with van der Waals surface area (Å²) in [4.78, 5) is 27.0. The summed E-state index contributed by atoms with van der Waals surface area (Å²) in [6, 6.07) is 0.766. The molecule has 0 aromatic heterocycles. The molecule has 5 unspecified atom stereocenters. The van der Waals surface area contributed by atoms with Gasteiger partial charge in [0.25, 0.3) is 0 Å². The van der Waals surface area contributed by atoms with Crippen LogP contribution in [0, 0.1) is 17.8 Å². The fourth-order valence-corrected chi connectivity index (χ4v) is 4.48. The van der Waals surface area contributed by atoms with Crippen molar-refractivity contribution in [2.24, 2.45) is 17.8 Å². The maximum atomic E-state index is 12.7. The maximum absolute atomic E-state index is 12.7. The second-order valence-electron chi connectivity index (χ2n) is 7.01. The summed E-state index contributed by atoms with van der Waals surface area (Å²) >= 11 is 0. The average Bonchev–Trinajstić information content (AvgIpc) is 2.93. The first-order chi connectivity index (χ1) is 9.52. The van der Waals surface area contributed by atoms with Crippen molar-refractivity contribution in [1.82, 2.24) is 10.2 Å². The molecule has 4 heteroatoms. The zero-order valence-electron chi connectivity index (χ0n) is 12.8. The smallest absolute Gasteiger partial charge is 0.233 e. The highest BCUT2D eigenvalue weighted by Crippen LogP contribution is 2.45. The first-order valence-electron chi connectivity index (χ1n) is 8.15. The van der Waals surface area contributed by atoms with Crippen molar-refractivity contribution in [2.45, 2.75) is 71.0 Å². The first-order valence-corrected chi connectivity index (χ1v) is 8.15. The lowest BCUT2D eigenvalue weighted by Crippen LogP contribution is -2.56. The van der Waals surface area contributed by atoms with Crippen LogP contribution in [-0.2, 0) is 9.59 Å². The van der Waals surface area contributed by atoms with E-state index in [1.54, 1.807) is 4.90 Å². The van der Waals surface area contributed by atoms with Gasteiger partial charge in [0, 0.05) is 12.1 Å². The normalized spacial score (nSPS) is 45.0. The zero-order chi connectivity index (χ0) is 14.4. The Morgan fingerprint density at radius 2 is 1.70 bits per heavy atom. The van der Waals surface area contributed by atoms with E-state index in [0.29, 0.717) is 12.0 Å². The standard InChI is InChI=1S/C16H26N2O2/c1-4-11-7-12-13(8-11)16(20)18(15(12)19)14-6-5-9(2)17-10(14)3/h9-14,17H,4-8H2,1-3H3. The summed E-state index contributed by atoms with van der Waals surface area (Å²) in [5.41, 5.74) is 0. The van der Waals surface area contributed by atoms with Gasteiger partial charge in [-0.05, 0) is 45.4 Å². The summed E-state index contributed by atoms with van der Waals surface area (Å²) < 4.78 is 0. The molecule has 2 heterocycles. The van der Waals surface area contributed by atoms with Crippen LogP contribution in [0.5, 0.6) is 0 Å². The van der Waals surface area contributed by atoms with Crippen molar-refractivity contribution in [3.05, 3.63) is 0 Å². The van der Waals surface area contributed by atoms with Crippen molar-refractivity contribution in [3.63, 3.8) is 0 Å². The van der Waals surface area contributed by atoms with Gasteiger partial charge in [0.15, 0.2) is 0 Å². The van der Waals surface area contributed by atoms with Crippen LogP contribution in [0.2, 0.25) is 0 Å². The second kappa shape index (κ2) is 5.14. The highest BCUT2D eigenvalue weighted by Gasteiger charge is 2.54. The minimum Gasteiger partial charge on any atom is -0.310 e. The predicted octanol–water partition coefficient (Wildman–Crippen LogP) is 1.94. The molecule has 1 saturated carbocycles. The average molecular weight is 278 g/mol. The lowest BCUT2D eigenvalue weighted by Gasteiger charge is -2.39. The Bertz CT molecular complexity index is 399. The second-order valence-corrected chi connectivity index (χ2v) is 7.01. The SMILES string of the molecule is CCC1CC2C(=O)N(C3CCC(C)NC3C)C(=O)C2C1. The number of hydrogen-bond donors (Lipinski definition) is 1. The third kappa shape index (κ3) is 2.09. The Labute approximate surface area is 121 Å². The van der Waals surface area contributed by atoms with Crippen molar-refractivity contribution in [3.8, 4) is 0 Å². The number of amides is 2. The van der Waals surface area contributed by atoms with Crippen LogP contribution >= 0.6 is 0 Å². The molecular weight excluding hydrogens is 252 g/mol. The molecule has 2 amide bonds. The van der Waals surface area contributed by atoms with E-state index in [9.17, 15) is 9.59 Å². The number of piperidine rings is 1. The van der Waals surface area contributed by atoms with Crippen molar-refractivity contribution in [1.29, 1.82) is 0 Å². The summed E-state index contributed by atoms with van der Waals surface area (Å²) in [6.07, 6.45) is 4.93. The van der Waals surface area contributed by atoms with Gasteiger partial charge in [0.05, 0.1) is 17.9 Å². The van der Waals surface area contributed by atoms with Crippen LogP contribution in [0.4, 0.5) is 0 Å². The number of nitrogens with one attached hydrogen (secondary N) is 1. The highest BCUT2D eigenvalue weighted by molar-refractivity contribution is 6.05. The number of carbonyl (C=O) groups is 2. The molecule has 112 valence electrons. The predicted molar refractivity (Wildman–Crippen MR) is 76.9 cm³/mol. The highest BCUT2D eigenvalue weighted by atomic mass is 16.2. The number of likely N-dealkylation sites (tertiary alicyclic amines) is 1. The zero-order valence-corrected chi connectivity index (χ0v) is 12.8. The minimum absolute atomic E-state index is 0.0148. The van der Waals surface area contributed by atoms with Gasteiger partial charge in [0.2, 0.25) is 11.8 Å². The molecule has 3 rings (SSSR count). The quantitative estimate of drug-likeness (QED) is 0.785. The third-order valence-corrected chi connectivity index (χ3v) is 5.70. The molecule has 0 radical (unpaired) electrons. The molecule has 2 saturated heterocycles. The fourth-order valence-electron chi connectivity index (χ4n) is 4.48. The fraction of sp³-hybridized carbons (Fsp3) is 0.875. The summed E-state index contributed by atoms with van der Waals surface area (Å²) in [7, 11) is 0. The van der Waals surface area contributed by atoms with E-state index in [1.807, 2.05) is 0 Å². The summed E-state index contributed by atoms with van der Waals surface area (Å²) in [6.45, 7) is 6.43. The maximum Gasteiger partial charge on any atom is 0.233 e. The number of fused-ring (bicyclic) bond motifs is 1. The van der Waals surface area contributed by atoms with Crippen LogP contribution in [0.25, 0.3) is 0 Å². The largest absolute Gasteiger partial charge is 0.310 e. The van der Waals surface area contributed by atoms with Gasteiger partial charge in [-0.1, -0.05) is 13.3 Å². The van der Waals surface area contributed by atoms with Crippen molar-refractivity contribution >= 4 is 11.8 Å². The molecule has 0 bridgehead atoms. The monoisotopic (exact) mass is 278 g/mol. The van der Waals surface area contributed by atoms with E-state index < -0.39 is 0 Å². The first kappa shape index (κ1) is 14.1. The van der Waals surface area contributed by atoms with Gasteiger partial charge >= 0.3 is 0 Å². The van der Waals surface area contributed by atoms with Crippen LogP contribution in [0.15, 0.2) is 0 Å². The lowest BCUT2D eigenvalue weighted by atomic mass is 9.93. The van der Waals surface area contributed by atoms with Gasteiger partial charge in [-0.2, -0.15) is 0 Å². The van der Waals surface area contributed by atoms with Crippen LogP contribution in [0.3, 0.4) is 0 Å². The van der Waals surface area contributed by atoms with Gasteiger partial charge in [0.1, 0.15) is 0 Å². The molecule has 3 fully saturated rings. The van der Waals surface area contributed by atoms with E-state index in [4.69, 9.17) is 0 Å². The molecule has 0 spiro atoms. The number of imide groups is 1. The Morgan fingerprint density at radius 1 is 1.10 bits per heavy atom. The van der Waals surface area contributed by atoms with Crippen molar-refractivity contribution in [2.75, 3.05) is 0 Å². The van der Waals surface area contributed by atoms with E-state index in [0.717, 1.165) is 32.1 Å². The van der Waals surface area contributed by atoms with Gasteiger partial charge in [-0.3, -0.25) is 14.5 Å². The topological polar surface area (TPSA) is 49.4 Å². The molecule has 20 heavy (non-hydrogen) atoms.